The van der Waals surface area contributed by atoms with Crippen molar-refractivity contribution in [2.45, 2.75) is 6.92 Å². The maximum atomic E-state index is 5.83. The van der Waals surface area contributed by atoms with Gasteiger partial charge in [-0.1, -0.05) is 23.8 Å². The molecule has 0 saturated heterocycles. The van der Waals surface area contributed by atoms with E-state index in [9.17, 15) is 0 Å². The molecule has 1 rings (SSSR count). The second-order valence-corrected chi connectivity index (χ2v) is 3.46. The molecule has 70 valence electrons. The summed E-state index contributed by atoms with van der Waals surface area (Å²) in [5, 5.41) is 3.82. The Kier molecular flexibility index (Phi) is 3.51. The predicted octanol–water partition coefficient (Wildman–Crippen LogP) is 2.41. The Morgan fingerprint density at radius 3 is 2.85 bits per heavy atom. The average molecular weight is 215 g/mol. The number of halogens is 1. The van der Waals surface area contributed by atoms with E-state index in [0.717, 1.165) is 17.8 Å². The zero-order chi connectivity index (χ0) is 9.84. The van der Waals surface area contributed by atoms with Gasteiger partial charge in [0.15, 0.2) is 0 Å². The summed E-state index contributed by atoms with van der Waals surface area (Å²) in [6.45, 7) is 2.82. The fraction of sp³-hybridized carbons (Fsp3) is 0.222. The first-order valence-electron chi connectivity index (χ1n) is 3.98. The van der Waals surface area contributed by atoms with Crippen LogP contribution in [0.25, 0.3) is 0 Å². The molecule has 0 amide bonds. The Labute approximate surface area is 88.1 Å². The van der Waals surface area contributed by atoms with Gasteiger partial charge in [0.2, 0.25) is 0 Å². The lowest BCUT2D eigenvalue weighted by atomic mass is 10.2. The molecule has 4 heteroatoms. The van der Waals surface area contributed by atoms with E-state index in [0.29, 0.717) is 10.0 Å². The zero-order valence-corrected chi connectivity index (χ0v) is 8.88. The molecular formula is C9H11ClN2S. The topological polar surface area (TPSA) is 38.0 Å². The van der Waals surface area contributed by atoms with E-state index in [-0.39, 0.29) is 0 Å². The molecule has 1 aromatic rings. The first-order chi connectivity index (χ1) is 6.15. The summed E-state index contributed by atoms with van der Waals surface area (Å²) in [7, 11) is 0. The summed E-state index contributed by atoms with van der Waals surface area (Å²) < 4.78 is 0. The van der Waals surface area contributed by atoms with Gasteiger partial charge in [-0.15, -0.1) is 0 Å². The molecular weight excluding hydrogens is 204 g/mol. The van der Waals surface area contributed by atoms with E-state index >= 15 is 0 Å². The maximum absolute atomic E-state index is 5.83. The van der Waals surface area contributed by atoms with E-state index in [1.165, 1.54) is 0 Å². The monoisotopic (exact) mass is 214 g/mol. The van der Waals surface area contributed by atoms with Gasteiger partial charge in [0, 0.05) is 22.8 Å². The Morgan fingerprint density at radius 2 is 2.31 bits per heavy atom. The minimum atomic E-state index is 0.382. The van der Waals surface area contributed by atoms with Crippen LogP contribution in [0.4, 0.5) is 5.69 Å². The van der Waals surface area contributed by atoms with E-state index < -0.39 is 0 Å². The molecule has 0 radical (unpaired) electrons. The molecule has 0 bridgehead atoms. The quantitative estimate of drug-likeness (QED) is 0.759. The zero-order valence-electron chi connectivity index (χ0n) is 7.30. The number of nitrogens with one attached hydrogen (secondary N) is 1. The summed E-state index contributed by atoms with van der Waals surface area (Å²) in [6.07, 6.45) is 0. The van der Waals surface area contributed by atoms with Crippen molar-refractivity contribution in [1.29, 1.82) is 0 Å². The highest BCUT2D eigenvalue weighted by Gasteiger charge is 2.04. The van der Waals surface area contributed by atoms with E-state index in [1.54, 1.807) is 6.07 Å². The Hall–Kier alpha value is -0.800. The van der Waals surface area contributed by atoms with Gasteiger partial charge in [-0.25, -0.2) is 0 Å². The average Bonchev–Trinajstić information content (AvgIpc) is 2.04. The van der Waals surface area contributed by atoms with Gasteiger partial charge >= 0.3 is 0 Å². The molecule has 0 saturated carbocycles. The van der Waals surface area contributed by atoms with Crippen LogP contribution >= 0.6 is 23.8 Å². The van der Waals surface area contributed by atoms with Crippen LogP contribution in [0.2, 0.25) is 5.02 Å². The van der Waals surface area contributed by atoms with Crippen LogP contribution in [0.15, 0.2) is 18.2 Å². The maximum Gasteiger partial charge on any atom is 0.106 e. The third-order valence-corrected chi connectivity index (χ3v) is 2.07. The number of thiocarbonyl (C=S) groups is 1. The second kappa shape index (κ2) is 4.44. The second-order valence-electron chi connectivity index (χ2n) is 2.58. The van der Waals surface area contributed by atoms with Crippen LogP contribution in [0.3, 0.4) is 0 Å². The number of rotatable bonds is 3. The highest BCUT2D eigenvalue weighted by atomic mass is 35.5. The Balaban J connectivity index is 3.10. The van der Waals surface area contributed by atoms with Gasteiger partial charge in [0.05, 0.1) is 0 Å². The van der Waals surface area contributed by atoms with Crippen LogP contribution in [0.5, 0.6) is 0 Å². The molecule has 0 aromatic heterocycles. The SMILES string of the molecule is CCNc1cc(Cl)ccc1C(N)=S. The van der Waals surface area contributed by atoms with Crippen LogP contribution in [0.1, 0.15) is 12.5 Å². The summed E-state index contributed by atoms with van der Waals surface area (Å²) >= 11 is 10.7. The predicted molar refractivity (Wildman–Crippen MR) is 61.5 cm³/mol. The van der Waals surface area contributed by atoms with E-state index in [4.69, 9.17) is 29.6 Å². The molecule has 13 heavy (non-hydrogen) atoms. The van der Waals surface area contributed by atoms with Gasteiger partial charge in [-0.3, -0.25) is 0 Å². The fourth-order valence-corrected chi connectivity index (χ4v) is 1.42. The van der Waals surface area contributed by atoms with Crippen LogP contribution in [-0.2, 0) is 0 Å². The summed E-state index contributed by atoms with van der Waals surface area (Å²) in [5.41, 5.74) is 7.27. The molecule has 0 aliphatic carbocycles. The van der Waals surface area contributed by atoms with Crippen LogP contribution < -0.4 is 11.1 Å². The van der Waals surface area contributed by atoms with Gasteiger partial charge in [0.1, 0.15) is 4.99 Å². The number of nitrogens with two attached hydrogens (primary N) is 1. The van der Waals surface area contributed by atoms with Crippen molar-refractivity contribution in [3.8, 4) is 0 Å². The number of hydrogen-bond acceptors (Lipinski definition) is 2. The van der Waals surface area contributed by atoms with Gasteiger partial charge in [-0.2, -0.15) is 0 Å². The van der Waals surface area contributed by atoms with E-state index in [1.807, 2.05) is 19.1 Å². The standard InChI is InChI=1S/C9H11ClN2S/c1-2-12-8-5-6(10)3-4-7(8)9(11)13/h3-5,12H,2H2,1H3,(H2,11,13). The van der Waals surface area contributed by atoms with Crippen molar-refractivity contribution in [2.75, 3.05) is 11.9 Å². The molecule has 3 N–H and O–H groups in total. The van der Waals surface area contributed by atoms with Crippen LogP contribution in [0, 0.1) is 0 Å². The third kappa shape index (κ3) is 2.57. The van der Waals surface area contributed by atoms with Crippen molar-refractivity contribution in [2.24, 2.45) is 5.73 Å². The third-order valence-electron chi connectivity index (χ3n) is 1.61. The molecule has 2 nitrogen and oxygen atoms in total. The summed E-state index contributed by atoms with van der Waals surface area (Å²) in [5.74, 6) is 0. The summed E-state index contributed by atoms with van der Waals surface area (Å²) in [4.78, 5) is 0.382. The van der Waals surface area contributed by atoms with Gasteiger partial charge < -0.3 is 11.1 Å². The van der Waals surface area contributed by atoms with Gasteiger partial charge in [-0.05, 0) is 25.1 Å². The van der Waals surface area contributed by atoms with Gasteiger partial charge in [0.25, 0.3) is 0 Å². The number of benzene rings is 1. The molecule has 1 aromatic carbocycles. The molecule has 0 unspecified atom stereocenters. The van der Waals surface area contributed by atoms with Crippen molar-refractivity contribution in [3.05, 3.63) is 28.8 Å². The van der Waals surface area contributed by atoms with Crippen molar-refractivity contribution in [1.82, 2.24) is 0 Å². The largest absolute Gasteiger partial charge is 0.389 e. The minimum Gasteiger partial charge on any atom is -0.389 e. The lowest BCUT2D eigenvalue weighted by molar-refractivity contribution is 1.21. The number of anilines is 1. The van der Waals surface area contributed by atoms with Crippen molar-refractivity contribution >= 4 is 34.5 Å². The number of hydrogen-bond donors (Lipinski definition) is 2. The van der Waals surface area contributed by atoms with Crippen molar-refractivity contribution < 1.29 is 0 Å². The first kappa shape index (κ1) is 10.3. The molecule has 0 fully saturated rings. The van der Waals surface area contributed by atoms with Crippen LogP contribution in [-0.4, -0.2) is 11.5 Å². The summed E-state index contributed by atoms with van der Waals surface area (Å²) in [6, 6.07) is 5.42. The normalized spacial score (nSPS) is 9.69. The van der Waals surface area contributed by atoms with E-state index in [2.05, 4.69) is 5.32 Å². The Bertz CT molecular complexity index is 325. The Morgan fingerprint density at radius 1 is 1.62 bits per heavy atom. The molecule has 0 heterocycles. The molecule has 0 aliphatic rings. The molecule has 0 spiro atoms. The molecule has 0 aliphatic heterocycles. The lowest BCUT2D eigenvalue weighted by Crippen LogP contribution is -2.13. The fourth-order valence-electron chi connectivity index (χ4n) is 1.07. The minimum absolute atomic E-state index is 0.382. The highest BCUT2D eigenvalue weighted by Crippen LogP contribution is 2.20. The van der Waals surface area contributed by atoms with Crippen molar-refractivity contribution in [3.63, 3.8) is 0 Å². The molecule has 0 atom stereocenters. The smallest absolute Gasteiger partial charge is 0.106 e. The lowest BCUT2D eigenvalue weighted by Gasteiger charge is -2.09. The first-order valence-corrected chi connectivity index (χ1v) is 4.77. The highest BCUT2D eigenvalue weighted by molar-refractivity contribution is 7.80.